The van der Waals surface area contributed by atoms with Gasteiger partial charge >= 0.3 is 0 Å². The third-order valence-electron chi connectivity index (χ3n) is 5.45. The molecule has 1 amide bonds. The molecule has 0 N–H and O–H groups in total. The van der Waals surface area contributed by atoms with Crippen molar-refractivity contribution >= 4 is 29.0 Å². The molecule has 0 atom stereocenters. The van der Waals surface area contributed by atoms with Gasteiger partial charge in [-0.3, -0.25) is 4.79 Å². The number of nitrogens with zero attached hydrogens (tertiary/aromatic N) is 5. The zero-order valence-electron chi connectivity index (χ0n) is 17.5. The van der Waals surface area contributed by atoms with Crippen molar-refractivity contribution in [1.29, 1.82) is 0 Å². The molecule has 6 nitrogen and oxygen atoms in total. The minimum absolute atomic E-state index is 0.135. The fourth-order valence-corrected chi connectivity index (χ4v) is 5.29. The van der Waals surface area contributed by atoms with Crippen LogP contribution in [0.3, 0.4) is 0 Å². The van der Waals surface area contributed by atoms with Crippen molar-refractivity contribution in [1.82, 2.24) is 24.6 Å². The van der Waals surface area contributed by atoms with Gasteiger partial charge in [-0.2, -0.15) is 0 Å². The molecule has 3 aromatic rings. The van der Waals surface area contributed by atoms with Crippen LogP contribution in [0.25, 0.3) is 10.7 Å². The predicted molar refractivity (Wildman–Crippen MR) is 123 cm³/mol. The molecule has 2 aromatic heterocycles. The number of carbonyl (C=O) groups excluding carboxylic acids is 1. The molecular formula is C22H27N5OS2. The van der Waals surface area contributed by atoms with Crippen LogP contribution in [0.4, 0.5) is 0 Å². The Balaban J connectivity index is 1.37. The lowest BCUT2D eigenvalue weighted by Crippen LogP contribution is -2.48. The molecule has 4 rings (SSSR count). The number of carbonyl (C=O) groups is 1. The van der Waals surface area contributed by atoms with Gasteiger partial charge in [0.05, 0.1) is 4.88 Å². The van der Waals surface area contributed by atoms with Crippen LogP contribution in [0.1, 0.15) is 29.8 Å². The van der Waals surface area contributed by atoms with E-state index in [1.54, 1.807) is 23.1 Å². The van der Waals surface area contributed by atoms with E-state index in [-0.39, 0.29) is 5.91 Å². The van der Waals surface area contributed by atoms with E-state index in [1.807, 2.05) is 23.1 Å². The molecule has 1 saturated heterocycles. The summed E-state index contributed by atoms with van der Waals surface area (Å²) in [7, 11) is 0. The maximum Gasteiger partial charge on any atom is 0.253 e. The Labute approximate surface area is 185 Å². The Kier molecular flexibility index (Phi) is 6.86. The molecule has 1 aliphatic rings. The van der Waals surface area contributed by atoms with Gasteiger partial charge in [0.25, 0.3) is 5.91 Å². The summed E-state index contributed by atoms with van der Waals surface area (Å²) >= 11 is 3.36. The third-order valence-corrected chi connectivity index (χ3v) is 7.35. The van der Waals surface area contributed by atoms with Gasteiger partial charge in [0.2, 0.25) is 0 Å². The molecule has 0 unspecified atom stereocenters. The second-order valence-corrected chi connectivity index (χ2v) is 9.13. The zero-order chi connectivity index (χ0) is 20.9. The van der Waals surface area contributed by atoms with Gasteiger partial charge in [-0.15, -0.1) is 21.5 Å². The molecule has 8 heteroatoms. The number of likely N-dealkylation sites (N-methyl/N-ethyl adjacent to an activating group) is 1. The van der Waals surface area contributed by atoms with Crippen molar-refractivity contribution < 1.29 is 4.79 Å². The van der Waals surface area contributed by atoms with Crippen molar-refractivity contribution in [2.45, 2.75) is 31.3 Å². The SMILES string of the molecule is CCN1CCN(C(=O)c2ccc(CSc3nnc(-c4cccs4)n3CC)cc2)CC1. The van der Waals surface area contributed by atoms with Crippen molar-refractivity contribution in [2.24, 2.45) is 0 Å². The lowest BCUT2D eigenvalue weighted by Gasteiger charge is -2.34. The average Bonchev–Trinajstić information content (AvgIpc) is 3.47. The van der Waals surface area contributed by atoms with E-state index in [2.05, 4.69) is 57.1 Å². The summed E-state index contributed by atoms with van der Waals surface area (Å²) in [6, 6.07) is 12.1. The molecule has 0 saturated carbocycles. The number of piperazine rings is 1. The number of benzene rings is 1. The highest BCUT2D eigenvalue weighted by molar-refractivity contribution is 7.98. The summed E-state index contributed by atoms with van der Waals surface area (Å²) in [5.74, 6) is 1.86. The smallest absolute Gasteiger partial charge is 0.253 e. The molecule has 0 aliphatic carbocycles. The highest BCUT2D eigenvalue weighted by Gasteiger charge is 2.21. The minimum atomic E-state index is 0.135. The van der Waals surface area contributed by atoms with Crippen molar-refractivity contribution in [3.05, 3.63) is 52.9 Å². The topological polar surface area (TPSA) is 54.3 Å². The van der Waals surface area contributed by atoms with Gasteiger partial charge in [0.1, 0.15) is 0 Å². The Bertz CT molecular complexity index is 960. The number of aromatic nitrogens is 3. The summed E-state index contributed by atoms with van der Waals surface area (Å²) in [6.07, 6.45) is 0. The van der Waals surface area contributed by atoms with E-state index in [4.69, 9.17) is 0 Å². The number of rotatable bonds is 7. The van der Waals surface area contributed by atoms with E-state index >= 15 is 0 Å². The molecule has 1 aliphatic heterocycles. The lowest BCUT2D eigenvalue weighted by molar-refractivity contribution is 0.0643. The van der Waals surface area contributed by atoms with Crippen LogP contribution in [-0.2, 0) is 12.3 Å². The van der Waals surface area contributed by atoms with Crippen molar-refractivity contribution in [3.8, 4) is 10.7 Å². The van der Waals surface area contributed by atoms with E-state index in [0.717, 1.165) is 66.4 Å². The number of hydrogen-bond acceptors (Lipinski definition) is 6. The third kappa shape index (κ3) is 4.61. The Morgan fingerprint density at radius 2 is 1.80 bits per heavy atom. The standard InChI is InChI=1S/C22H27N5OS2/c1-3-25-11-13-26(14-12-25)21(28)18-9-7-17(8-10-18)16-30-22-24-23-20(27(22)4-2)19-6-5-15-29-19/h5-10,15H,3-4,11-14,16H2,1-2H3. The molecule has 158 valence electrons. The van der Waals surface area contributed by atoms with Gasteiger partial charge < -0.3 is 14.4 Å². The van der Waals surface area contributed by atoms with Crippen LogP contribution in [0, 0.1) is 0 Å². The first-order chi connectivity index (χ1) is 14.7. The van der Waals surface area contributed by atoms with E-state index in [1.165, 1.54) is 5.56 Å². The molecule has 30 heavy (non-hydrogen) atoms. The fraction of sp³-hybridized carbons (Fsp3) is 0.409. The Morgan fingerprint density at radius 1 is 1.03 bits per heavy atom. The Hall–Kier alpha value is -2.16. The fourth-order valence-electron chi connectivity index (χ4n) is 3.61. The van der Waals surface area contributed by atoms with Crippen molar-refractivity contribution in [2.75, 3.05) is 32.7 Å². The average molecular weight is 442 g/mol. The summed E-state index contributed by atoms with van der Waals surface area (Å²) < 4.78 is 2.16. The largest absolute Gasteiger partial charge is 0.336 e. The van der Waals surface area contributed by atoms with Crippen LogP contribution >= 0.6 is 23.1 Å². The highest BCUT2D eigenvalue weighted by atomic mass is 32.2. The number of thioether (sulfide) groups is 1. The van der Waals surface area contributed by atoms with Crippen molar-refractivity contribution in [3.63, 3.8) is 0 Å². The highest BCUT2D eigenvalue weighted by Crippen LogP contribution is 2.28. The predicted octanol–water partition coefficient (Wildman–Crippen LogP) is 4.10. The van der Waals surface area contributed by atoms with Gasteiger partial charge in [-0.1, -0.05) is 36.9 Å². The van der Waals surface area contributed by atoms with E-state index in [9.17, 15) is 4.79 Å². The van der Waals surface area contributed by atoms with Gasteiger partial charge in [-0.25, -0.2) is 0 Å². The monoisotopic (exact) mass is 441 g/mol. The number of amides is 1. The molecule has 0 radical (unpaired) electrons. The van der Waals surface area contributed by atoms with Crippen LogP contribution in [0.5, 0.6) is 0 Å². The molecular weight excluding hydrogens is 414 g/mol. The zero-order valence-corrected chi connectivity index (χ0v) is 19.1. The number of thiophene rings is 1. The molecule has 3 heterocycles. The van der Waals surface area contributed by atoms with Crippen LogP contribution in [0.2, 0.25) is 0 Å². The van der Waals surface area contributed by atoms with Gasteiger partial charge in [0.15, 0.2) is 11.0 Å². The Morgan fingerprint density at radius 3 is 2.43 bits per heavy atom. The summed E-state index contributed by atoms with van der Waals surface area (Å²) in [6.45, 7) is 9.71. The van der Waals surface area contributed by atoms with Crippen LogP contribution in [0.15, 0.2) is 46.9 Å². The first kappa shape index (κ1) is 21.1. The van der Waals surface area contributed by atoms with Gasteiger partial charge in [-0.05, 0) is 42.6 Å². The first-order valence-corrected chi connectivity index (χ1v) is 12.3. The normalized spacial score (nSPS) is 14.9. The minimum Gasteiger partial charge on any atom is -0.336 e. The molecule has 0 spiro atoms. The molecule has 0 bridgehead atoms. The maximum atomic E-state index is 12.8. The summed E-state index contributed by atoms with van der Waals surface area (Å²) in [5, 5.41) is 11.8. The molecule has 1 fully saturated rings. The summed E-state index contributed by atoms with van der Waals surface area (Å²) in [5.41, 5.74) is 1.95. The second-order valence-electron chi connectivity index (χ2n) is 7.24. The first-order valence-electron chi connectivity index (χ1n) is 10.4. The van der Waals surface area contributed by atoms with Crippen LogP contribution in [-0.4, -0.2) is 63.2 Å². The van der Waals surface area contributed by atoms with Crippen LogP contribution < -0.4 is 0 Å². The summed E-state index contributed by atoms with van der Waals surface area (Å²) in [4.78, 5) is 18.2. The molecule has 1 aromatic carbocycles. The quantitative estimate of drug-likeness (QED) is 0.517. The lowest BCUT2D eigenvalue weighted by atomic mass is 10.1. The van der Waals surface area contributed by atoms with E-state index in [0.29, 0.717) is 0 Å². The second kappa shape index (κ2) is 9.76. The van der Waals surface area contributed by atoms with Gasteiger partial charge in [0, 0.05) is 44.0 Å². The number of hydrogen-bond donors (Lipinski definition) is 0. The van der Waals surface area contributed by atoms with E-state index < -0.39 is 0 Å². The maximum absolute atomic E-state index is 12.8.